The molecule has 0 bridgehead atoms. The summed E-state index contributed by atoms with van der Waals surface area (Å²) in [6.45, 7) is 1.04. The molecule has 0 aliphatic carbocycles. The predicted octanol–water partition coefficient (Wildman–Crippen LogP) is 9.62. The first kappa shape index (κ1) is 35.4. The first-order valence-corrected chi connectivity index (χ1v) is 14.4. The lowest BCUT2D eigenvalue weighted by atomic mass is 9.93. The summed E-state index contributed by atoms with van der Waals surface area (Å²) in [5.74, 6) is -10.4. The summed E-state index contributed by atoms with van der Waals surface area (Å²) >= 11 is 14.5. The summed E-state index contributed by atoms with van der Waals surface area (Å²) in [5, 5.41) is -0.454. The average Bonchev–Trinajstić information content (AvgIpc) is 2.76. The van der Waals surface area contributed by atoms with Crippen LogP contribution in [-0.2, 0) is 16.0 Å². The Labute approximate surface area is 245 Å². The van der Waals surface area contributed by atoms with E-state index in [1.165, 1.54) is 0 Å². The zero-order valence-corrected chi connectivity index (χ0v) is 24.2. The number of benzene rings is 2. The van der Waals surface area contributed by atoms with Crippen LogP contribution in [0.2, 0.25) is 10.0 Å². The lowest BCUT2D eigenvalue weighted by Crippen LogP contribution is -2.28. The Morgan fingerprint density at radius 1 is 1.00 bits per heavy atom. The van der Waals surface area contributed by atoms with Gasteiger partial charge in [0, 0.05) is 22.0 Å². The summed E-state index contributed by atoms with van der Waals surface area (Å²) in [6.07, 6.45) is -16.4. The Morgan fingerprint density at radius 2 is 1.59 bits per heavy atom. The predicted molar refractivity (Wildman–Crippen MR) is 136 cm³/mol. The van der Waals surface area contributed by atoms with Gasteiger partial charge in [-0.1, -0.05) is 42.3 Å². The molecule has 0 heterocycles. The molecular formula is C24H17BrCl2F10O3S. The number of ketones is 1. The molecule has 0 N–H and O–H groups in total. The quantitative estimate of drug-likeness (QED) is 0.147. The number of Topliss-reactive ketones (excluding diaryl/α,β-unsaturated/α-hetero) is 1. The van der Waals surface area contributed by atoms with Crippen molar-refractivity contribution in [3.63, 3.8) is 0 Å². The van der Waals surface area contributed by atoms with Crippen LogP contribution in [0, 0.1) is 5.92 Å². The van der Waals surface area contributed by atoms with Crippen molar-refractivity contribution in [1.29, 1.82) is 0 Å². The van der Waals surface area contributed by atoms with Crippen LogP contribution >= 0.6 is 39.1 Å². The number of halogens is 13. The highest BCUT2D eigenvalue weighted by molar-refractivity contribution is 9.10. The largest absolute Gasteiger partial charge is 0.417 e. The second-order valence-corrected chi connectivity index (χ2v) is 12.7. The number of rotatable bonds is 9. The van der Waals surface area contributed by atoms with E-state index in [-0.39, 0.29) is 26.7 Å². The van der Waals surface area contributed by atoms with Crippen molar-refractivity contribution in [1.82, 2.24) is 0 Å². The minimum atomic E-state index is -5.31. The van der Waals surface area contributed by atoms with Crippen molar-refractivity contribution in [2.75, 3.05) is 11.5 Å². The van der Waals surface area contributed by atoms with Crippen molar-refractivity contribution >= 4 is 60.6 Å². The van der Waals surface area contributed by atoms with Crippen LogP contribution in [0.3, 0.4) is 0 Å². The molecular weight excluding hydrogens is 709 g/mol. The van der Waals surface area contributed by atoms with Gasteiger partial charge < -0.3 is 0 Å². The zero-order chi connectivity index (χ0) is 31.7. The average molecular weight is 726 g/mol. The van der Waals surface area contributed by atoms with Gasteiger partial charge in [0.25, 0.3) is 0 Å². The van der Waals surface area contributed by atoms with E-state index in [9.17, 15) is 57.1 Å². The van der Waals surface area contributed by atoms with Crippen LogP contribution in [0.5, 0.6) is 0 Å². The molecule has 0 aliphatic rings. The van der Waals surface area contributed by atoms with Crippen LogP contribution in [0.25, 0.3) is 5.83 Å². The van der Waals surface area contributed by atoms with E-state index in [2.05, 4.69) is 15.9 Å². The molecule has 0 spiro atoms. The van der Waals surface area contributed by atoms with Crippen molar-refractivity contribution in [3.05, 3.63) is 73.2 Å². The molecule has 0 radical (unpaired) electrons. The number of sulfone groups is 1. The first-order valence-electron chi connectivity index (χ1n) is 11.0. The molecule has 0 fully saturated rings. The maximum atomic E-state index is 15.0. The third-order valence-electron chi connectivity index (χ3n) is 5.39. The molecule has 17 heteroatoms. The highest BCUT2D eigenvalue weighted by Gasteiger charge is 2.41. The monoisotopic (exact) mass is 724 g/mol. The number of hydrogen-bond donors (Lipinski definition) is 0. The number of carbonyl (C=O) groups is 1. The Hall–Kier alpha value is -1.84. The van der Waals surface area contributed by atoms with Crippen LogP contribution in [-0.4, -0.2) is 38.1 Å². The lowest BCUT2D eigenvalue weighted by molar-refractivity contribution is -0.140. The van der Waals surface area contributed by atoms with Gasteiger partial charge in [0.1, 0.15) is 17.5 Å². The standard InChI is InChI=1S/C24H17BrCl2F10O3S/c1-11(9-41(39,40)10-22(29,30)31)4-20(38)14-3-2-12(5-16(14)24(35,36)37)19(28)8-15(23(32,33)34)13-6-17(25)21(27)18(26)7-13/h2-3,5-8,11,15H,4,9-10H2,1H3/b19-8-/t11-,15?/m0/s1. The van der Waals surface area contributed by atoms with E-state index < -0.39 is 92.0 Å². The molecule has 41 heavy (non-hydrogen) atoms. The minimum Gasteiger partial charge on any atom is -0.294 e. The molecule has 2 rings (SSSR count). The number of hydrogen-bond acceptors (Lipinski definition) is 3. The Morgan fingerprint density at radius 3 is 2.07 bits per heavy atom. The van der Waals surface area contributed by atoms with E-state index in [1.807, 2.05) is 0 Å². The maximum Gasteiger partial charge on any atom is 0.417 e. The zero-order valence-electron chi connectivity index (χ0n) is 20.3. The Balaban J connectivity index is 2.46. The van der Waals surface area contributed by atoms with E-state index >= 15 is 0 Å². The van der Waals surface area contributed by atoms with E-state index in [4.69, 9.17) is 23.2 Å². The fraction of sp³-hybridized carbons (Fsp3) is 0.375. The van der Waals surface area contributed by atoms with Crippen molar-refractivity contribution in [2.24, 2.45) is 5.92 Å². The summed E-state index contributed by atoms with van der Waals surface area (Å²) in [5.41, 5.74) is -4.38. The van der Waals surface area contributed by atoms with Crippen molar-refractivity contribution in [2.45, 2.75) is 37.8 Å². The van der Waals surface area contributed by atoms with E-state index in [1.54, 1.807) is 0 Å². The second kappa shape index (κ2) is 12.8. The van der Waals surface area contributed by atoms with Gasteiger partial charge in [-0.25, -0.2) is 12.8 Å². The summed E-state index contributed by atoms with van der Waals surface area (Å²) in [4.78, 5) is 12.6. The van der Waals surface area contributed by atoms with Crippen molar-refractivity contribution in [3.8, 4) is 0 Å². The van der Waals surface area contributed by atoms with E-state index in [0.717, 1.165) is 19.1 Å². The van der Waals surface area contributed by atoms with Crippen LogP contribution in [0.15, 0.2) is 40.9 Å². The Bertz CT molecular complexity index is 1410. The van der Waals surface area contributed by atoms with Gasteiger partial charge in [-0.3, -0.25) is 4.79 Å². The maximum absolute atomic E-state index is 15.0. The summed E-state index contributed by atoms with van der Waals surface area (Å²) in [7, 11) is -4.74. The summed E-state index contributed by atoms with van der Waals surface area (Å²) in [6, 6.07) is 2.90. The lowest BCUT2D eigenvalue weighted by Gasteiger charge is -2.19. The van der Waals surface area contributed by atoms with Gasteiger partial charge >= 0.3 is 18.5 Å². The Kier molecular flexibility index (Phi) is 11.0. The normalized spacial score (nSPS) is 15.1. The topological polar surface area (TPSA) is 51.2 Å². The molecule has 0 saturated heterocycles. The van der Waals surface area contributed by atoms with Gasteiger partial charge in [0.05, 0.1) is 21.4 Å². The molecule has 1 unspecified atom stereocenters. The molecule has 0 saturated carbocycles. The van der Waals surface area contributed by atoms with Gasteiger partial charge in [-0.2, -0.15) is 39.5 Å². The van der Waals surface area contributed by atoms with Crippen molar-refractivity contribution < 1.29 is 57.1 Å². The van der Waals surface area contributed by atoms with Crippen LogP contribution in [0.4, 0.5) is 43.9 Å². The molecule has 2 aromatic rings. The van der Waals surface area contributed by atoms with Gasteiger partial charge in [-0.15, -0.1) is 0 Å². The molecule has 0 aromatic heterocycles. The van der Waals surface area contributed by atoms with E-state index in [0.29, 0.717) is 12.1 Å². The van der Waals surface area contributed by atoms with Crippen LogP contribution < -0.4 is 0 Å². The summed E-state index contributed by atoms with van der Waals surface area (Å²) < 4.78 is 158. The molecule has 2 atom stereocenters. The molecule has 3 nitrogen and oxygen atoms in total. The molecule has 228 valence electrons. The van der Waals surface area contributed by atoms with Gasteiger partial charge in [0.15, 0.2) is 15.6 Å². The first-order chi connectivity index (χ1) is 18.4. The van der Waals surface area contributed by atoms with Gasteiger partial charge in [0.2, 0.25) is 0 Å². The highest BCUT2D eigenvalue weighted by Crippen LogP contribution is 2.43. The minimum absolute atomic E-state index is 0.0105. The molecule has 0 amide bonds. The second-order valence-electron chi connectivity index (χ2n) is 8.99. The highest BCUT2D eigenvalue weighted by atomic mass is 79.9. The fourth-order valence-corrected chi connectivity index (χ4v) is 6.30. The SMILES string of the molecule is C[C@@H](CC(=O)c1ccc(/C(F)=C/C(c2cc(Cl)c(Cl)c(Br)c2)C(F)(F)F)cc1C(F)(F)F)CS(=O)(=O)CC(F)(F)F. The van der Waals surface area contributed by atoms with Gasteiger partial charge in [-0.05, 0) is 51.7 Å². The number of carbonyl (C=O) groups excluding carboxylic acids is 1. The number of allylic oxidation sites excluding steroid dienone is 1. The van der Waals surface area contributed by atoms with Crippen LogP contribution in [0.1, 0.15) is 46.3 Å². The third kappa shape index (κ3) is 10.1. The fourth-order valence-electron chi connectivity index (χ4n) is 3.77. The molecule has 2 aromatic carbocycles. The smallest absolute Gasteiger partial charge is 0.294 e. The third-order valence-corrected chi connectivity index (χ3v) is 8.89. The number of alkyl halides is 9. The molecule has 0 aliphatic heterocycles.